The molecular formula is C11H13N3O4. The van der Waals surface area contributed by atoms with E-state index in [4.69, 9.17) is 9.84 Å². The third-order valence-corrected chi connectivity index (χ3v) is 3.17. The Morgan fingerprint density at radius 1 is 1.33 bits per heavy atom. The first-order valence-corrected chi connectivity index (χ1v) is 5.61. The minimum atomic E-state index is -1.12. The maximum Gasteiger partial charge on any atom is 0.164 e. The molecule has 1 aliphatic heterocycles. The average Bonchev–Trinajstić information content (AvgIpc) is 2.93. The first-order valence-electron chi connectivity index (χ1n) is 5.61. The van der Waals surface area contributed by atoms with Crippen LogP contribution in [-0.4, -0.2) is 54.8 Å². The Kier molecular flexibility index (Phi) is 2.75. The highest BCUT2D eigenvalue weighted by atomic mass is 16.6. The summed E-state index contributed by atoms with van der Waals surface area (Å²) in [7, 11) is 0. The summed E-state index contributed by atoms with van der Waals surface area (Å²) in [6.07, 6.45) is 0.958. The fraction of sp³-hybridized carbons (Fsp3) is 0.455. The Balaban J connectivity index is 2.00. The summed E-state index contributed by atoms with van der Waals surface area (Å²) in [4.78, 5) is 8.15. The van der Waals surface area contributed by atoms with Gasteiger partial charge in [0, 0.05) is 6.20 Å². The van der Waals surface area contributed by atoms with E-state index in [1.807, 2.05) is 0 Å². The summed E-state index contributed by atoms with van der Waals surface area (Å²) >= 11 is 0. The lowest BCUT2D eigenvalue weighted by Gasteiger charge is -2.16. The molecule has 0 aliphatic carbocycles. The third-order valence-electron chi connectivity index (χ3n) is 3.17. The second kappa shape index (κ2) is 4.29. The average molecular weight is 251 g/mol. The Labute approximate surface area is 102 Å². The molecule has 0 aromatic carbocycles. The predicted molar refractivity (Wildman–Crippen MR) is 60.5 cm³/mol. The monoisotopic (exact) mass is 251 g/mol. The fourth-order valence-electron chi connectivity index (χ4n) is 2.19. The highest BCUT2D eigenvalue weighted by Crippen LogP contribution is 2.31. The lowest BCUT2D eigenvalue weighted by Crippen LogP contribution is -2.33. The molecule has 96 valence electrons. The molecule has 0 spiro atoms. The quantitative estimate of drug-likeness (QED) is 0.635. The van der Waals surface area contributed by atoms with E-state index in [1.165, 1.54) is 6.33 Å². The highest BCUT2D eigenvalue weighted by molar-refractivity contribution is 5.73. The molecule has 0 amide bonds. The number of fused-ring (bicyclic) bond motifs is 1. The molecule has 0 saturated carbocycles. The zero-order chi connectivity index (χ0) is 12.7. The van der Waals surface area contributed by atoms with Crippen LogP contribution in [-0.2, 0) is 4.74 Å². The number of nitrogens with zero attached hydrogens (tertiary/aromatic N) is 3. The molecule has 4 atom stereocenters. The first kappa shape index (κ1) is 11.5. The van der Waals surface area contributed by atoms with Gasteiger partial charge in [-0.25, -0.2) is 4.98 Å². The number of ether oxygens (including phenoxy) is 1. The van der Waals surface area contributed by atoms with Crippen LogP contribution in [0.15, 0.2) is 24.8 Å². The van der Waals surface area contributed by atoms with Crippen LogP contribution in [0.1, 0.15) is 6.23 Å². The Morgan fingerprint density at radius 2 is 2.17 bits per heavy atom. The van der Waals surface area contributed by atoms with Gasteiger partial charge in [-0.3, -0.25) is 9.55 Å². The van der Waals surface area contributed by atoms with Gasteiger partial charge in [-0.05, 0) is 6.07 Å². The minimum absolute atomic E-state index is 0.348. The van der Waals surface area contributed by atoms with E-state index in [1.54, 1.807) is 23.0 Å². The van der Waals surface area contributed by atoms with E-state index in [9.17, 15) is 10.2 Å². The van der Waals surface area contributed by atoms with Gasteiger partial charge in [0.1, 0.15) is 18.3 Å². The molecule has 3 N–H and O–H groups in total. The zero-order valence-electron chi connectivity index (χ0n) is 9.42. The summed E-state index contributed by atoms with van der Waals surface area (Å²) in [6, 6.07) is 1.74. The summed E-state index contributed by atoms with van der Waals surface area (Å²) in [6.45, 7) is -0.348. The van der Waals surface area contributed by atoms with Crippen LogP contribution in [0.5, 0.6) is 0 Å². The molecule has 0 radical (unpaired) electrons. The van der Waals surface area contributed by atoms with Crippen LogP contribution in [0.2, 0.25) is 0 Å². The van der Waals surface area contributed by atoms with Crippen LogP contribution in [0.3, 0.4) is 0 Å². The van der Waals surface area contributed by atoms with Gasteiger partial charge in [-0.15, -0.1) is 0 Å². The molecule has 2 aromatic rings. The molecule has 0 bridgehead atoms. The number of hydrogen-bond donors (Lipinski definition) is 3. The van der Waals surface area contributed by atoms with Gasteiger partial charge >= 0.3 is 0 Å². The Hall–Kier alpha value is -1.54. The van der Waals surface area contributed by atoms with E-state index >= 15 is 0 Å². The van der Waals surface area contributed by atoms with Crippen LogP contribution in [0, 0.1) is 0 Å². The smallest absolute Gasteiger partial charge is 0.164 e. The minimum Gasteiger partial charge on any atom is -0.394 e. The largest absolute Gasteiger partial charge is 0.394 e. The fourth-order valence-corrected chi connectivity index (χ4v) is 2.19. The third kappa shape index (κ3) is 1.60. The van der Waals surface area contributed by atoms with E-state index in [0.29, 0.717) is 5.52 Å². The van der Waals surface area contributed by atoms with Gasteiger partial charge in [0.2, 0.25) is 0 Å². The van der Waals surface area contributed by atoms with Crippen LogP contribution in [0.4, 0.5) is 0 Å². The molecular weight excluding hydrogens is 238 g/mol. The van der Waals surface area contributed by atoms with Gasteiger partial charge in [0.25, 0.3) is 0 Å². The second-order valence-electron chi connectivity index (χ2n) is 4.25. The Morgan fingerprint density at radius 3 is 2.89 bits per heavy atom. The normalized spacial score (nSPS) is 32.2. The standard InChI is InChI=1S/C11H13N3O4/c15-4-8-9(16)10(17)11(18-8)14-5-13-6-1-2-12-3-7(6)14/h1-3,5,8-11,15-17H,4H2/t8-,9-,10+,11?/m1/s1. The van der Waals surface area contributed by atoms with Crippen molar-refractivity contribution in [2.45, 2.75) is 24.5 Å². The van der Waals surface area contributed by atoms with Gasteiger partial charge in [0.05, 0.1) is 30.2 Å². The molecule has 7 nitrogen and oxygen atoms in total. The molecule has 18 heavy (non-hydrogen) atoms. The van der Waals surface area contributed by atoms with Crippen molar-refractivity contribution in [3.05, 3.63) is 24.8 Å². The SMILES string of the molecule is OC[C@H]1OC(n2cnc3ccncc32)[C@@H](O)[C@@H]1O. The molecule has 1 saturated heterocycles. The maximum atomic E-state index is 9.94. The first-order chi connectivity index (χ1) is 8.72. The number of rotatable bonds is 2. The van der Waals surface area contributed by atoms with Crippen molar-refractivity contribution in [1.29, 1.82) is 0 Å². The van der Waals surface area contributed by atoms with Crippen molar-refractivity contribution in [2.24, 2.45) is 0 Å². The van der Waals surface area contributed by atoms with Gasteiger partial charge in [0.15, 0.2) is 6.23 Å². The van der Waals surface area contributed by atoms with Crippen molar-refractivity contribution in [3.8, 4) is 0 Å². The number of aliphatic hydroxyl groups is 3. The zero-order valence-corrected chi connectivity index (χ0v) is 9.42. The predicted octanol–water partition coefficient (Wildman–Crippen LogP) is -0.957. The van der Waals surface area contributed by atoms with E-state index in [2.05, 4.69) is 9.97 Å². The highest BCUT2D eigenvalue weighted by Gasteiger charge is 2.43. The van der Waals surface area contributed by atoms with Crippen LogP contribution < -0.4 is 0 Å². The van der Waals surface area contributed by atoms with Crippen molar-refractivity contribution in [2.75, 3.05) is 6.61 Å². The number of aliphatic hydroxyl groups excluding tert-OH is 3. The Bertz CT molecular complexity index is 558. The van der Waals surface area contributed by atoms with E-state index in [-0.39, 0.29) is 6.61 Å². The van der Waals surface area contributed by atoms with Gasteiger partial charge < -0.3 is 20.1 Å². The second-order valence-corrected chi connectivity index (χ2v) is 4.25. The summed E-state index contributed by atoms with van der Waals surface area (Å²) in [5.74, 6) is 0. The number of hydrogen-bond acceptors (Lipinski definition) is 6. The van der Waals surface area contributed by atoms with Crippen molar-refractivity contribution in [1.82, 2.24) is 14.5 Å². The van der Waals surface area contributed by atoms with Crippen molar-refractivity contribution in [3.63, 3.8) is 0 Å². The van der Waals surface area contributed by atoms with E-state index < -0.39 is 24.5 Å². The molecule has 1 fully saturated rings. The topological polar surface area (TPSA) is 101 Å². The molecule has 7 heteroatoms. The molecule has 2 aromatic heterocycles. The molecule has 3 rings (SSSR count). The van der Waals surface area contributed by atoms with Crippen molar-refractivity contribution >= 4 is 11.0 Å². The number of aromatic nitrogens is 3. The lowest BCUT2D eigenvalue weighted by atomic mass is 10.1. The molecule has 1 aliphatic rings. The number of pyridine rings is 1. The molecule has 3 heterocycles. The maximum absolute atomic E-state index is 9.94. The molecule has 1 unspecified atom stereocenters. The van der Waals surface area contributed by atoms with E-state index in [0.717, 1.165) is 5.52 Å². The summed E-state index contributed by atoms with van der Waals surface area (Å²) < 4.78 is 7.04. The van der Waals surface area contributed by atoms with Crippen LogP contribution >= 0.6 is 0 Å². The van der Waals surface area contributed by atoms with Gasteiger partial charge in [-0.2, -0.15) is 0 Å². The summed E-state index contributed by atoms with van der Waals surface area (Å²) in [5.41, 5.74) is 1.43. The lowest BCUT2D eigenvalue weighted by molar-refractivity contribution is -0.0509. The van der Waals surface area contributed by atoms with Gasteiger partial charge in [-0.1, -0.05) is 0 Å². The van der Waals surface area contributed by atoms with Crippen LogP contribution in [0.25, 0.3) is 11.0 Å². The summed E-state index contributed by atoms with van der Waals surface area (Å²) in [5, 5.41) is 28.7. The van der Waals surface area contributed by atoms with Crippen molar-refractivity contribution < 1.29 is 20.1 Å². The number of imidazole rings is 1.